The molecule has 0 spiro atoms. The van der Waals surface area contributed by atoms with E-state index in [9.17, 15) is 4.79 Å². The topological polar surface area (TPSA) is 39.2 Å². The lowest BCUT2D eigenvalue weighted by Crippen LogP contribution is -2.03. The molecule has 80 valence electrons. The third kappa shape index (κ3) is 1.80. The van der Waals surface area contributed by atoms with E-state index in [2.05, 4.69) is 11.6 Å². The summed E-state index contributed by atoms with van der Waals surface area (Å²) in [5, 5.41) is 1.80. The highest BCUT2D eigenvalue weighted by molar-refractivity contribution is 5.92. The molecule has 1 heterocycles. The monoisotopic (exact) mass is 213 g/mol. The average Bonchev–Trinajstić information content (AvgIpc) is 2.29. The van der Waals surface area contributed by atoms with Crippen molar-refractivity contribution >= 4 is 22.8 Å². The molecule has 0 aliphatic heterocycles. The van der Waals surface area contributed by atoms with Gasteiger partial charge in [0.1, 0.15) is 5.75 Å². The largest absolute Gasteiger partial charge is 0.425 e. The van der Waals surface area contributed by atoms with E-state index in [1.54, 1.807) is 18.5 Å². The second-order valence-electron chi connectivity index (χ2n) is 3.38. The van der Waals surface area contributed by atoms with Gasteiger partial charge < -0.3 is 4.74 Å². The van der Waals surface area contributed by atoms with Crippen LogP contribution in [0.5, 0.6) is 5.75 Å². The molecule has 2 aromatic rings. The molecule has 0 fully saturated rings. The van der Waals surface area contributed by atoms with Gasteiger partial charge in [-0.3, -0.25) is 9.78 Å². The van der Waals surface area contributed by atoms with Crippen molar-refractivity contribution in [3.63, 3.8) is 0 Å². The first-order valence-electron chi connectivity index (χ1n) is 4.90. The van der Waals surface area contributed by atoms with Crippen molar-refractivity contribution < 1.29 is 9.53 Å². The van der Waals surface area contributed by atoms with Gasteiger partial charge in [-0.05, 0) is 6.07 Å². The minimum atomic E-state index is -0.340. The van der Waals surface area contributed by atoms with Crippen molar-refractivity contribution in [2.75, 3.05) is 0 Å². The Bertz CT molecular complexity index is 561. The molecule has 0 saturated heterocycles. The second kappa shape index (κ2) is 4.14. The standard InChI is InChI=1S/C13H11NO2/c1-3-10-4-5-11-8-14-7-6-12(11)13(10)16-9(2)15/h3-8H,1H2,2H3. The highest BCUT2D eigenvalue weighted by Gasteiger charge is 2.08. The van der Waals surface area contributed by atoms with Crippen LogP contribution in [-0.4, -0.2) is 11.0 Å². The Kier molecular flexibility index (Phi) is 2.68. The maximum Gasteiger partial charge on any atom is 0.308 e. The van der Waals surface area contributed by atoms with Crippen LogP contribution < -0.4 is 4.74 Å². The molecule has 0 atom stereocenters. The Morgan fingerprint density at radius 1 is 1.44 bits per heavy atom. The fourth-order valence-corrected chi connectivity index (χ4v) is 1.58. The first-order chi connectivity index (χ1) is 7.72. The molecule has 0 unspecified atom stereocenters. The number of ether oxygens (including phenoxy) is 1. The molecule has 3 heteroatoms. The Labute approximate surface area is 93.4 Å². The predicted molar refractivity (Wildman–Crippen MR) is 63.1 cm³/mol. The minimum absolute atomic E-state index is 0.340. The number of aromatic nitrogens is 1. The Morgan fingerprint density at radius 2 is 2.25 bits per heavy atom. The van der Waals surface area contributed by atoms with E-state index in [0.29, 0.717) is 5.75 Å². The number of carbonyl (C=O) groups excluding carboxylic acids is 1. The Hall–Kier alpha value is -2.16. The Balaban J connectivity index is 2.72. The summed E-state index contributed by atoms with van der Waals surface area (Å²) >= 11 is 0. The number of hydrogen-bond donors (Lipinski definition) is 0. The van der Waals surface area contributed by atoms with E-state index in [-0.39, 0.29) is 5.97 Å². The summed E-state index contributed by atoms with van der Waals surface area (Å²) in [5.74, 6) is 0.204. The van der Waals surface area contributed by atoms with E-state index in [4.69, 9.17) is 4.74 Å². The second-order valence-corrected chi connectivity index (χ2v) is 3.38. The van der Waals surface area contributed by atoms with Crippen LogP contribution in [0, 0.1) is 0 Å². The number of fused-ring (bicyclic) bond motifs is 1. The quantitative estimate of drug-likeness (QED) is 0.568. The molecule has 0 aliphatic carbocycles. The maximum atomic E-state index is 11.1. The summed E-state index contributed by atoms with van der Waals surface area (Å²) in [6, 6.07) is 5.60. The van der Waals surface area contributed by atoms with Crippen molar-refractivity contribution in [3.8, 4) is 5.75 Å². The number of pyridine rings is 1. The van der Waals surface area contributed by atoms with Gasteiger partial charge >= 0.3 is 5.97 Å². The zero-order valence-electron chi connectivity index (χ0n) is 8.93. The number of hydrogen-bond acceptors (Lipinski definition) is 3. The molecule has 2 rings (SSSR count). The van der Waals surface area contributed by atoms with Gasteiger partial charge in [-0.2, -0.15) is 0 Å². The summed E-state index contributed by atoms with van der Waals surface area (Å²) in [7, 11) is 0. The van der Waals surface area contributed by atoms with Crippen LogP contribution in [0.15, 0.2) is 37.2 Å². The van der Waals surface area contributed by atoms with Crippen LogP contribution in [0.25, 0.3) is 16.8 Å². The molecule has 0 bridgehead atoms. The number of carbonyl (C=O) groups is 1. The number of benzene rings is 1. The molecule has 0 radical (unpaired) electrons. The van der Waals surface area contributed by atoms with Crippen LogP contribution >= 0.6 is 0 Å². The lowest BCUT2D eigenvalue weighted by molar-refractivity contribution is -0.131. The van der Waals surface area contributed by atoms with E-state index in [1.165, 1.54) is 6.92 Å². The van der Waals surface area contributed by atoms with E-state index >= 15 is 0 Å². The molecule has 0 N–H and O–H groups in total. The predicted octanol–water partition coefficient (Wildman–Crippen LogP) is 2.80. The van der Waals surface area contributed by atoms with Crippen LogP contribution in [-0.2, 0) is 4.79 Å². The third-order valence-electron chi connectivity index (χ3n) is 2.27. The SMILES string of the molecule is C=Cc1ccc2cnccc2c1OC(C)=O. The smallest absolute Gasteiger partial charge is 0.308 e. The molecular weight excluding hydrogens is 202 g/mol. The van der Waals surface area contributed by atoms with Crippen LogP contribution in [0.4, 0.5) is 0 Å². The Morgan fingerprint density at radius 3 is 2.94 bits per heavy atom. The lowest BCUT2D eigenvalue weighted by Gasteiger charge is -2.09. The summed E-state index contributed by atoms with van der Waals surface area (Å²) in [4.78, 5) is 15.1. The van der Waals surface area contributed by atoms with Gasteiger partial charge in [0.25, 0.3) is 0 Å². The zero-order chi connectivity index (χ0) is 11.5. The van der Waals surface area contributed by atoms with Crippen molar-refractivity contribution in [1.29, 1.82) is 0 Å². The molecule has 0 aliphatic rings. The van der Waals surface area contributed by atoms with Crippen molar-refractivity contribution in [1.82, 2.24) is 4.98 Å². The van der Waals surface area contributed by atoms with E-state index in [1.807, 2.05) is 18.2 Å². The number of esters is 1. The molecular formula is C13H11NO2. The average molecular weight is 213 g/mol. The summed E-state index contributed by atoms with van der Waals surface area (Å²) in [6.45, 7) is 5.08. The fourth-order valence-electron chi connectivity index (χ4n) is 1.58. The number of rotatable bonds is 2. The molecule has 16 heavy (non-hydrogen) atoms. The van der Waals surface area contributed by atoms with Crippen LogP contribution in [0.3, 0.4) is 0 Å². The van der Waals surface area contributed by atoms with Crippen molar-refractivity contribution in [2.24, 2.45) is 0 Å². The van der Waals surface area contributed by atoms with Gasteiger partial charge in [0.15, 0.2) is 0 Å². The zero-order valence-corrected chi connectivity index (χ0v) is 8.93. The normalized spacial score (nSPS) is 10.1. The van der Waals surface area contributed by atoms with Crippen molar-refractivity contribution in [2.45, 2.75) is 6.92 Å². The highest BCUT2D eigenvalue weighted by atomic mass is 16.5. The first-order valence-corrected chi connectivity index (χ1v) is 4.90. The molecule has 3 nitrogen and oxygen atoms in total. The summed E-state index contributed by atoms with van der Waals surface area (Å²) in [6.07, 6.45) is 5.07. The fraction of sp³-hybridized carbons (Fsp3) is 0.0769. The number of nitrogens with zero attached hydrogens (tertiary/aromatic N) is 1. The van der Waals surface area contributed by atoms with Gasteiger partial charge in [0.2, 0.25) is 0 Å². The van der Waals surface area contributed by atoms with Gasteiger partial charge in [-0.1, -0.05) is 24.8 Å². The summed E-state index contributed by atoms with van der Waals surface area (Å²) in [5.41, 5.74) is 0.800. The highest BCUT2D eigenvalue weighted by Crippen LogP contribution is 2.30. The summed E-state index contributed by atoms with van der Waals surface area (Å²) < 4.78 is 5.21. The lowest BCUT2D eigenvalue weighted by atomic mass is 10.1. The van der Waals surface area contributed by atoms with E-state index in [0.717, 1.165) is 16.3 Å². The van der Waals surface area contributed by atoms with Gasteiger partial charge in [-0.25, -0.2) is 0 Å². The minimum Gasteiger partial charge on any atom is -0.425 e. The first kappa shape index (κ1) is 10.4. The van der Waals surface area contributed by atoms with Crippen molar-refractivity contribution in [3.05, 3.63) is 42.7 Å². The van der Waals surface area contributed by atoms with Gasteiger partial charge in [0.05, 0.1) is 0 Å². The van der Waals surface area contributed by atoms with Gasteiger partial charge in [0, 0.05) is 35.7 Å². The van der Waals surface area contributed by atoms with Gasteiger partial charge in [-0.15, -0.1) is 0 Å². The molecule has 0 saturated carbocycles. The van der Waals surface area contributed by atoms with Crippen LogP contribution in [0.1, 0.15) is 12.5 Å². The van der Waals surface area contributed by atoms with E-state index < -0.39 is 0 Å². The third-order valence-corrected chi connectivity index (χ3v) is 2.27. The molecule has 1 aromatic heterocycles. The maximum absolute atomic E-state index is 11.1. The molecule has 1 aromatic carbocycles. The molecule has 0 amide bonds. The van der Waals surface area contributed by atoms with Crippen LogP contribution in [0.2, 0.25) is 0 Å².